The van der Waals surface area contributed by atoms with Crippen LogP contribution in [-0.4, -0.2) is 23.6 Å². The van der Waals surface area contributed by atoms with Crippen LogP contribution >= 0.6 is 0 Å². The highest BCUT2D eigenvalue weighted by Gasteiger charge is 2.41. The van der Waals surface area contributed by atoms with Crippen LogP contribution < -0.4 is 9.47 Å². The van der Waals surface area contributed by atoms with E-state index >= 15 is 0 Å². The van der Waals surface area contributed by atoms with Crippen molar-refractivity contribution in [2.45, 2.75) is 19.1 Å². The molecule has 0 atom stereocenters. The first-order valence-corrected chi connectivity index (χ1v) is 4.60. The maximum atomic E-state index is 12.6. The van der Waals surface area contributed by atoms with Crippen LogP contribution in [0.25, 0.3) is 0 Å². The zero-order chi connectivity index (χ0) is 14.8. The van der Waals surface area contributed by atoms with E-state index in [2.05, 4.69) is 14.5 Å². The van der Waals surface area contributed by atoms with E-state index in [9.17, 15) is 26.3 Å². The van der Waals surface area contributed by atoms with E-state index in [1.807, 2.05) is 0 Å². The largest absolute Gasteiger partial charge is 0.573 e. The minimum atomic E-state index is -5.35. The molecule has 0 fully saturated rings. The second-order valence-electron chi connectivity index (χ2n) is 3.19. The molecule has 0 bridgehead atoms. The van der Waals surface area contributed by atoms with Crippen LogP contribution in [0.2, 0.25) is 0 Å². The van der Waals surface area contributed by atoms with Gasteiger partial charge in [0.25, 0.3) is 0 Å². The highest BCUT2D eigenvalue weighted by Crippen LogP contribution is 2.41. The lowest BCUT2D eigenvalue weighted by Crippen LogP contribution is -2.22. The van der Waals surface area contributed by atoms with Gasteiger partial charge in [0.05, 0.1) is 13.7 Å². The third-order valence-electron chi connectivity index (χ3n) is 1.90. The van der Waals surface area contributed by atoms with Gasteiger partial charge in [0.2, 0.25) is 5.88 Å². The van der Waals surface area contributed by atoms with E-state index < -0.39 is 42.0 Å². The number of rotatable bonds is 3. The van der Waals surface area contributed by atoms with Crippen molar-refractivity contribution in [3.05, 3.63) is 17.3 Å². The summed E-state index contributed by atoms with van der Waals surface area (Å²) in [7, 11) is 0.980. The zero-order valence-corrected chi connectivity index (χ0v) is 9.26. The Kier molecular flexibility index (Phi) is 4.13. The molecule has 1 aromatic rings. The van der Waals surface area contributed by atoms with Crippen LogP contribution in [0.5, 0.6) is 11.6 Å². The summed E-state index contributed by atoms with van der Waals surface area (Å²) in [5, 5.41) is 8.79. The maximum absolute atomic E-state index is 12.6. The van der Waals surface area contributed by atoms with Crippen molar-refractivity contribution in [1.82, 2.24) is 4.98 Å². The summed E-state index contributed by atoms with van der Waals surface area (Å²) in [5.74, 6) is -2.19. The Morgan fingerprint density at radius 3 is 2.16 bits per heavy atom. The molecule has 0 aliphatic heterocycles. The average Bonchev–Trinajstić information content (AvgIpc) is 2.25. The van der Waals surface area contributed by atoms with Crippen LogP contribution in [0.15, 0.2) is 6.07 Å². The van der Waals surface area contributed by atoms with Crippen molar-refractivity contribution in [2.75, 3.05) is 7.11 Å². The van der Waals surface area contributed by atoms with Crippen molar-refractivity contribution < 1.29 is 40.9 Å². The van der Waals surface area contributed by atoms with Gasteiger partial charge in [-0.1, -0.05) is 0 Å². The molecule has 4 nitrogen and oxygen atoms in total. The monoisotopic (exact) mass is 291 g/mol. The van der Waals surface area contributed by atoms with Gasteiger partial charge >= 0.3 is 12.5 Å². The van der Waals surface area contributed by atoms with Gasteiger partial charge in [-0.3, -0.25) is 0 Å². The molecule has 0 amide bonds. The number of pyridine rings is 1. The molecule has 0 aliphatic rings. The number of nitrogens with zero attached hydrogens (tertiary/aromatic N) is 1. The minimum Gasteiger partial charge on any atom is -0.481 e. The van der Waals surface area contributed by atoms with Crippen LogP contribution in [0.1, 0.15) is 11.3 Å². The molecule has 0 saturated carbocycles. The number of alkyl halides is 6. The molecule has 0 spiro atoms. The van der Waals surface area contributed by atoms with E-state index in [4.69, 9.17) is 5.11 Å². The quantitative estimate of drug-likeness (QED) is 0.869. The Morgan fingerprint density at radius 2 is 1.79 bits per heavy atom. The smallest absolute Gasteiger partial charge is 0.481 e. The molecule has 0 unspecified atom stereocenters. The molecular weight excluding hydrogens is 284 g/mol. The Morgan fingerprint density at radius 1 is 1.21 bits per heavy atom. The molecule has 0 aromatic carbocycles. The second kappa shape index (κ2) is 5.11. The normalized spacial score (nSPS) is 12.4. The fraction of sp³-hybridized carbons (Fsp3) is 0.444. The van der Waals surface area contributed by atoms with Crippen molar-refractivity contribution >= 4 is 0 Å². The molecule has 1 heterocycles. The molecule has 19 heavy (non-hydrogen) atoms. The maximum Gasteiger partial charge on any atom is 0.573 e. The Hall–Kier alpha value is -1.71. The van der Waals surface area contributed by atoms with Gasteiger partial charge in [0, 0.05) is 6.07 Å². The van der Waals surface area contributed by atoms with Crippen molar-refractivity contribution in [3.63, 3.8) is 0 Å². The average molecular weight is 291 g/mol. The molecule has 0 radical (unpaired) electrons. The summed E-state index contributed by atoms with van der Waals surface area (Å²) in [6, 6.07) is 0.250. The fourth-order valence-electron chi connectivity index (χ4n) is 1.21. The zero-order valence-electron chi connectivity index (χ0n) is 9.26. The van der Waals surface area contributed by atoms with E-state index in [0.29, 0.717) is 0 Å². The summed E-state index contributed by atoms with van der Waals surface area (Å²) in [6.07, 6.45) is -10.5. The van der Waals surface area contributed by atoms with Gasteiger partial charge < -0.3 is 14.6 Å². The molecule has 10 heteroatoms. The van der Waals surface area contributed by atoms with E-state index in [-0.39, 0.29) is 6.07 Å². The molecule has 1 N–H and O–H groups in total. The summed E-state index contributed by atoms with van der Waals surface area (Å²) in [5.41, 5.74) is -2.66. The highest BCUT2D eigenvalue weighted by atomic mass is 19.4. The van der Waals surface area contributed by atoms with E-state index in [1.54, 1.807) is 0 Å². The molecule has 108 valence electrons. The van der Waals surface area contributed by atoms with Gasteiger partial charge in [0.1, 0.15) is 11.3 Å². The molecule has 0 aliphatic carbocycles. The predicted octanol–water partition coefficient (Wildman–Crippen LogP) is 2.50. The molecular formula is C9H7F6NO3. The van der Waals surface area contributed by atoms with Crippen molar-refractivity contribution in [2.24, 2.45) is 0 Å². The van der Waals surface area contributed by atoms with Gasteiger partial charge in [-0.15, -0.1) is 13.2 Å². The van der Waals surface area contributed by atoms with E-state index in [1.165, 1.54) is 0 Å². The first-order valence-electron chi connectivity index (χ1n) is 4.60. The van der Waals surface area contributed by atoms with Gasteiger partial charge in [-0.05, 0) is 0 Å². The second-order valence-corrected chi connectivity index (χ2v) is 3.19. The topological polar surface area (TPSA) is 51.6 Å². The molecule has 1 rings (SSSR count). The number of aliphatic hydroxyl groups excluding tert-OH is 1. The van der Waals surface area contributed by atoms with Crippen molar-refractivity contribution in [3.8, 4) is 11.6 Å². The minimum absolute atomic E-state index is 0.250. The summed E-state index contributed by atoms with van der Waals surface area (Å²) in [4.78, 5) is 3.27. The third kappa shape index (κ3) is 3.88. The van der Waals surface area contributed by atoms with Gasteiger partial charge in [-0.2, -0.15) is 13.2 Å². The number of ether oxygens (including phenoxy) is 2. The third-order valence-corrected chi connectivity index (χ3v) is 1.90. The predicted molar refractivity (Wildman–Crippen MR) is 48.4 cm³/mol. The van der Waals surface area contributed by atoms with Crippen LogP contribution in [-0.2, 0) is 12.8 Å². The summed E-state index contributed by atoms with van der Waals surface area (Å²) < 4.78 is 81.9. The van der Waals surface area contributed by atoms with Crippen LogP contribution in [0.3, 0.4) is 0 Å². The number of hydrogen-bond donors (Lipinski definition) is 1. The van der Waals surface area contributed by atoms with Crippen LogP contribution in [0.4, 0.5) is 26.3 Å². The first kappa shape index (κ1) is 15.3. The first-order chi connectivity index (χ1) is 8.58. The van der Waals surface area contributed by atoms with E-state index in [0.717, 1.165) is 7.11 Å². The molecule has 1 aromatic heterocycles. The van der Waals surface area contributed by atoms with Gasteiger partial charge in [0.15, 0.2) is 5.75 Å². The number of methoxy groups -OCH3 is 1. The highest BCUT2D eigenvalue weighted by molar-refractivity contribution is 5.42. The lowest BCUT2D eigenvalue weighted by molar-refractivity contribution is -0.276. The fourth-order valence-corrected chi connectivity index (χ4v) is 1.21. The Balaban J connectivity index is 3.47. The van der Waals surface area contributed by atoms with Crippen molar-refractivity contribution in [1.29, 1.82) is 0 Å². The standard InChI is InChI=1S/C9H7F6NO3/c1-18-6-2-4(8(10,11)12)7(5(3-17)16-6)19-9(13,14)15/h2,17H,3H2,1H3. The summed E-state index contributed by atoms with van der Waals surface area (Å²) in [6.45, 7) is -1.17. The number of halogens is 6. The van der Waals surface area contributed by atoms with Crippen LogP contribution in [0, 0.1) is 0 Å². The lowest BCUT2D eigenvalue weighted by atomic mass is 10.2. The summed E-state index contributed by atoms with van der Waals surface area (Å²) >= 11 is 0. The van der Waals surface area contributed by atoms with Gasteiger partial charge in [-0.25, -0.2) is 4.98 Å². The number of hydrogen-bond acceptors (Lipinski definition) is 4. The number of aliphatic hydroxyl groups is 1. The number of aromatic nitrogens is 1. The molecule has 0 saturated heterocycles. The Bertz CT molecular complexity index is 456. The lowest BCUT2D eigenvalue weighted by Gasteiger charge is -2.18. The SMILES string of the molecule is COc1cc(C(F)(F)F)c(OC(F)(F)F)c(CO)n1. The Labute approximate surface area is 102 Å².